The van der Waals surface area contributed by atoms with E-state index < -0.39 is 0 Å². The van der Waals surface area contributed by atoms with Gasteiger partial charge < -0.3 is 24.8 Å². The molecule has 0 aromatic heterocycles. The minimum Gasteiger partial charge on any atom is -0.497 e. The molecule has 0 bridgehead atoms. The fourth-order valence-electron chi connectivity index (χ4n) is 4.35. The molecule has 0 saturated heterocycles. The Morgan fingerprint density at radius 3 is 2.23 bits per heavy atom. The van der Waals surface area contributed by atoms with Gasteiger partial charge in [0.25, 0.3) is 0 Å². The van der Waals surface area contributed by atoms with Gasteiger partial charge in [0.1, 0.15) is 5.75 Å². The molecule has 168 valence electrons. The van der Waals surface area contributed by atoms with E-state index in [0.717, 1.165) is 25.1 Å². The summed E-state index contributed by atoms with van der Waals surface area (Å²) < 4.78 is 15.9. The number of methoxy groups -OCH3 is 3. The van der Waals surface area contributed by atoms with Crippen molar-refractivity contribution < 1.29 is 19.0 Å². The molecular weight excluding hydrogens is 392 g/mol. The monoisotopic (exact) mass is 426 g/mol. The van der Waals surface area contributed by atoms with E-state index in [9.17, 15) is 4.79 Å². The molecule has 3 rings (SSSR count). The molecule has 1 aliphatic rings. The van der Waals surface area contributed by atoms with E-state index in [4.69, 9.17) is 14.2 Å². The van der Waals surface area contributed by atoms with Crippen LogP contribution in [0.1, 0.15) is 44.6 Å². The number of hydrogen-bond acceptors (Lipinski definition) is 5. The quantitative estimate of drug-likeness (QED) is 0.617. The van der Waals surface area contributed by atoms with Crippen molar-refractivity contribution in [2.45, 2.75) is 50.5 Å². The average Bonchev–Trinajstić information content (AvgIpc) is 2.83. The van der Waals surface area contributed by atoms with Crippen molar-refractivity contribution in [3.63, 3.8) is 0 Å². The van der Waals surface area contributed by atoms with E-state index >= 15 is 0 Å². The van der Waals surface area contributed by atoms with Crippen LogP contribution in [-0.2, 0) is 10.2 Å². The maximum Gasteiger partial charge on any atom is 0.241 e. The van der Waals surface area contributed by atoms with Gasteiger partial charge in [0.15, 0.2) is 11.5 Å². The zero-order valence-electron chi connectivity index (χ0n) is 19.0. The van der Waals surface area contributed by atoms with Gasteiger partial charge in [-0.1, -0.05) is 31.4 Å². The molecule has 1 unspecified atom stereocenters. The van der Waals surface area contributed by atoms with Crippen molar-refractivity contribution in [2.75, 3.05) is 33.2 Å². The molecule has 6 heteroatoms. The van der Waals surface area contributed by atoms with Crippen LogP contribution in [0.4, 0.5) is 5.69 Å². The highest BCUT2D eigenvalue weighted by Crippen LogP contribution is 2.39. The molecule has 31 heavy (non-hydrogen) atoms. The lowest BCUT2D eigenvalue weighted by atomic mass is 9.69. The molecule has 0 spiro atoms. The SMILES string of the molecule is COc1ccc(C2(CNC(C)C(=O)Nc3ccc(OC)c(OC)c3)CCCCC2)cc1. The fraction of sp³-hybridized carbons (Fsp3) is 0.480. The van der Waals surface area contributed by atoms with Crippen molar-refractivity contribution in [1.82, 2.24) is 5.32 Å². The summed E-state index contributed by atoms with van der Waals surface area (Å²) in [5.41, 5.74) is 2.04. The van der Waals surface area contributed by atoms with Crippen LogP contribution in [0, 0.1) is 0 Å². The van der Waals surface area contributed by atoms with Crippen LogP contribution >= 0.6 is 0 Å². The number of amides is 1. The molecule has 0 aliphatic heterocycles. The lowest BCUT2D eigenvalue weighted by Gasteiger charge is -2.39. The highest BCUT2D eigenvalue weighted by Gasteiger charge is 2.34. The van der Waals surface area contributed by atoms with Crippen molar-refractivity contribution in [1.29, 1.82) is 0 Å². The first-order chi connectivity index (χ1) is 15.0. The first-order valence-electron chi connectivity index (χ1n) is 10.9. The van der Waals surface area contributed by atoms with Crippen molar-refractivity contribution in [3.8, 4) is 17.2 Å². The summed E-state index contributed by atoms with van der Waals surface area (Å²) in [6, 6.07) is 13.4. The molecule has 1 saturated carbocycles. The van der Waals surface area contributed by atoms with Crippen molar-refractivity contribution >= 4 is 11.6 Å². The van der Waals surface area contributed by atoms with Crippen LogP contribution in [0.2, 0.25) is 0 Å². The van der Waals surface area contributed by atoms with Gasteiger partial charge in [-0.2, -0.15) is 0 Å². The number of carbonyl (C=O) groups excluding carboxylic acids is 1. The number of benzene rings is 2. The van der Waals surface area contributed by atoms with E-state index in [0.29, 0.717) is 17.2 Å². The van der Waals surface area contributed by atoms with Crippen LogP contribution in [0.3, 0.4) is 0 Å². The van der Waals surface area contributed by atoms with Crippen molar-refractivity contribution in [3.05, 3.63) is 48.0 Å². The van der Waals surface area contributed by atoms with Gasteiger partial charge in [-0.25, -0.2) is 0 Å². The Kier molecular flexibility index (Phi) is 7.80. The molecule has 1 amide bonds. The van der Waals surface area contributed by atoms with Crippen LogP contribution < -0.4 is 24.8 Å². The Bertz CT molecular complexity index is 860. The predicted octanol–water partition coefficient (Wildman–Crippen LogP) is 4.53. The predicted molar refractivity (Wildman–Crippen MR) is 123 cm³/mol. The highest BCUT2D eigenvalue weighted by atomic mass is 16.5. The summed E-state index contributed by atoms with van der Waals surface area (Å²) in [7, 11) is 4.86. The number of hydrogen-bond donors (Lipinski definition) is 2. The van der Waals surface area contributed by atoms with E-state index in [2.05, 4.69) is 22.8 Å². The van der Waals surface area contributed by atoms with Gasteiger partial charge >= 0.3 is 0 Å². The second-order valence-corrected chi connectivity index (χ2v) is 8.23. The number of carbonyl (C=O) groups is 1. The largest absolute Gasteiger partial charge is 0.497 e. The third-order valence-electron chi connectivity index (χ3n) is 6.30. The summed E-state index contributed by atoms with van der Waals surface area (Å²) in [6.07, 6.45) is 5.93. The molecule has 2 N–H and O–H groups in total. The molecule has 0 radical (unpaired) electrons. The molecule has 1 fully saturated rings. The molecule has 2 aromatic rings. The first-order valence-corrected chi connectivity index (χ1v) is 10.9. The zero-order chi connectivity index (χ0) is 22.3. The Morgan fingerprint density at radius 2 is 1.61 bits per heavy atom. The second kappa shape index (κ2) is 10.5. The smallest absolute Gasteiger partial charge is 0.241 e. The Hall–Kier alpha value is -2.73. The summed E-state index contributed by atoms with van der Waals surface area (Å²) in [4.78, 5) is 12.8. The Balaban J connectivity index is 1.66. The number of nitrogens with one attached hydrogen (secondary N) is 2. The van der Waals surface area contributed by atoms with E-state index in [-0.39, 0.29) is 17.4 Å². The van der Waals surface area contributed by atoms with Crippen LogP contribution in [0.25, 0.3) is 0 Å². The van der Waals surface area contributed by atoms with Crippen molar-refractivity contribution in [2.24, 2.45) is 0 Å². The second-order valence-electron chi connectivity index (χ2n) is 8.23. The third-order valence-corrected chi connectivity index (χ3v) is 6.30. The number of ether oxygens (including phenoxy) is 3. The molecule has 1 atom stereocenters. The standard InChI is InChI=1S/C25H34N2O4/c1-18(24(28)27-20-10-13-22(30-3)23(16-20)31-4)26-17-25(14-6-5-7-15-25)19-8-11-21(29-2)12-9-19/h8-13,16,18,26H,5-7,14-15,17H2,1-4H3,(H,27,28). The molecular formula is C25H34N2O4. The minimum atomic E-state index is -0.329. The topological polar surface area (TPSA) is 68.8 Å². The first kappa shape index (κ1) is 22.9. The Morgan fingerprint density at radius 1 is 0.935 bits per heavy atom. The highest BCUT2D eigenvalue weighted by molar-refractivity contribution is 5.94. The molecule has 2 aromatic carbocycles. The van der Waals surface area contributed by atoms with Gasteiger partial charge in [-0.15, -0.1) is 0 Å². The van der Waals surface area contributed by atoms with Gasteiger partial charge in [-0.05, 0) is 49.6 Å². The van der Waals surface area contributed by atoms with Crippen LogP contribution in [0.15, 0.2) is 42.5 Å². The maximum atomic E-state index is 12.8. The van der Waals surface area contributed by atoms with Gasteiger partial charge in [-0.3, -0.25) is 4.79 Å². The zero-order valence-corrected chi connectivity index (χ0v) is 19.0. The summed E-state index contributed by atoms with van der Waals surface area (Å²) in [5, 5.41) is 6.46. The lowest BCUT2D eigenvalue weighted by Crippen LogP contribution is -2.46. The number of rotatable bonds is 9. The lowest BCUT2D eigenvalue weighted by molar-refractivity contribution is -0.117. The normalized spacial score (nSPS) is 16.3. The maximum absolute atomic E-state index is 12.8. The molecule has 6 nitrogen and oxygen atoms in total. The number of anilines is 1. The van der Waals surface area contributed by atoms with Crippen LogP contribution in [0.5, 0.6) is 17.2 Å². The Labute approximate surface area is 185 Å². The summed E-state index contributed by atoms with van der Waals surface area (Å²) in [5.74, 6) is 2.00. The van der Waals surface area contributed by atoms with E-state index in [1.807, 2.05) is 25.1 Å². The minimum absolute atomic E-state index is 0.0440. The van der Waals surface area contributed by atoms with Gasteiger partial charge in [0, 0.05) is 23.7 Å². The van der Waals surface area contributed by atoms with Gasteiger partial charge in [0.2, 0.25) is 5.91 Å². The average molecular weight is 427 g/mol. The molecule has 1 aliphatic carbocycles. The molecule has 0 heterocycles. The summed E-state index contributed by atoms with van der Waals surface area (Å²) in [6.45, 7) is 2.67. The summed E-state index contributed by atoms with van der Waals surface area (Å²) >= 11 is 0. The third kappa shape index (κ3) is 5.50. The van der Waals surface area contributed by atoms with E-state index in [1.165, 1.54) is 24.8 Å². The fourth-order valence-corrected chi connectivity index (χ4v) is 4.35. The van der Waals surface area contributed by atoms with E-state index in [1.54, 1.807) is 33.5 Å². The van der Waals surface area contributed by atoms with Crippen LogP contribution in [-0.4, -0.2) is 39.8 Å². The van der Waals surface area contributed by atoms with Gasteiger partial charge in [0.05, 0.1) is 27.4 Å².